The van der Waals surface area contributed by atoms with Gasteiger partial charge in [-0.3, -0.25) is 0 Å². The quantitative estimate of drug-likeness (QED) is 0.858. The molecule has 3 atom stereocenters. The smallest absolute Gasteiger partial charge is 0.0796 e. The maximum Gasteiger partial charge on any atom is 0.0796 e. The van der Waals surface area contributed by atoms with Gasteiger partial charge in [-0.05, 0) is 48.0 Å². The minimum atomic E-state index is -1.53. The van der Waals surface area contributed by atoms with Crippen molar-refractivity contribution in [1.82, 2.24) is 0 Å². The molecule has 0 saturated carbocycles. The predicted octanol–water partition coefficient (Wildman–Crippen LogP) is 4.08. The van der Waals surface area contributed by atoms with E-state index < -0.39 is 6.04 Å². The Labute approximate surface area is 132 Å². The number of benzene rings is 2. The van der Waals surface area contributed by atoms with Crippen molar-refractivity contribution < 1.29 is 5.11 Å². The second-order valence-corrected chi connectivity index (χ2v) is 11.1. The normalized spacial score (nSPS) is 26.6. The maximum atomic E-state index is 10.5. The molecule has 0 aromatic heterocycles. The van der Waals surface area contributed by atoms with Crippen molar-refractivity contribution in [2.75, 3.05) is 6.16 Å². The van der Waals surface area contributed by atoms with E-state index in [-0.39, 0.29) is 6.10 Å². The zero-order chi connectivity index (χ0) is 14.7. The molecule has 3 heteroatoms. The summed E-state index contributed by atoms with van der Waals surface area (Å²) in [6.07, 6.45) is 3.93. The molecule has 0 spiro atoms. The minimum Gasteiger partial charge on any atom is -0.388 e. The third-order valence-corrected chi connectivity index (χ3v) is 10.4. The first kappa shape index (κ1) is 15.0. The van der Waals surface area contributed by atoms with Crippen molar-refractivity contribution in [1.29, 1.82) is 0 Å². The Morgan fingerprint density at radius 1 is 1.05 bits per heavy atom. The van der Waals surface area contributed by atoms with Gasteiger partial charge in [-0.15, -0.1) is 0 Å². The van der Waals surface area contributed by atoms with Crippen LogP contribution in [0.25, 0.3) is 0 Å². The van der Waals surface area contributed by atoms with Gasteiger partial charge >= 0.3 is 0 Å². The van der Waals surface area contributed by atoms with Gasteiger partial charge in [0.05, 0.1) is 6.10 Å². The van der Waals surface area contributed by atoms with Gasteiger partial charge in [-0.1, -0.05) is 72.5 Å². The van der Waals surface area contributed by atoms with E-state index in [1.807, 2.05) is 30.3 Å². The Hall–Kier alpha value is -0.950. The summed E-state index contributed by atoms with van der Waals surface area (Å²) in [5.41, 5.74) is 1.49. The molecule has 0 amide bonds. The lowest BCUT2D eigenvalue weighted by Gasteiger charge is -2.27. The Morgan fingerprint density at radius 3 is 2.33 bits per heavy atom. The highest BCUT2D eigenvalue weighted by molar-refractivity contribution is 8.18. The van der Waals surface area contributed by atoms with E-state index in [4.69, 9.17) is 11.8 Å². The standard InChI is InChI=1S/C18H21OPS/c19-18(15-8-3-1-4-9-15)14-17-12-7-13-20(17,21)16-10-5-2-6-11-16/h1-6,8-11,17-19H,7,12-14H2/t17?,18-,20?/m0/s1. The molecule has 0 radical (unpaired) electrons. The largest absolute Gasteiger partial charge is 0.388 e. The van der Waals surface area contributed by atoms with Crippen LogP contribution in [0.4, 0.5) is 0 Å². The van der Waals surface area contributed by atoms with Gasteiger partial charge in [0.15, 0.2) is 0 Å². The molecular formula is C18H21OPS. The Kier molecular flexibility index (Phi) is 4.59. The molecule has 1 aliphatic rings. The highest BCUT2D eigenvalue weighted by atomic mass is 32.4. The van der Waals surface area contributed by atoms with Crippen molar-refractivity contribution in [2.24, 2.45) is 0 Å². The fourth-order valence-corrected chi connectivity index (χ4v) is 8.17. The molecule has 0 bridgehead atoms. The van der Waals surface area contributed by atoms with Crippen LogP contribution in [0.3, 0.4) is 0 Å². The number of hydrogen-bond donors (Lipinski definition) is 1. The molecular weight excluding hydrogens is 295 g/mol. The lowest BCUT2D eigenvalue weighted by atomic mass is 10.0. The van der Waals surface area contributed by atoms with E-state index in [1.165, 1.54) is 11.7 Å². The zero-order valence-corrected chi connectivity index (χ0v) is 13.8. The Bertz CT molecular complexity index is 626. The van der Waals surface area contributed by atoms with Gasteiger partial charge in [0.1, 0.15) is 0 Å². The molecule has 1 N–H and O–H groups in total. The number of aliphatic hydroxyl groups is 1. The van der Waals surface area contributed by atoms with Gasteiger partial charge in [-0.2, -0.15) is 0 Å². The van der Waals surface area contributed by atoms with Gasteiger partial charge in [0.25, 0.3) is 0 Å². The molecule has 3 rings (SSSR count). The number of aliphatic hydroxyl groups excluding tert-OH is 1. The van der Waals surface area contributed by atoms with E-state index in [2.05, 4.69) is 30.3 Å². The average Bonchev–Trinajstić information content (AvgIpc) is 2.91. The molecule has 2 unspecified atom stereocenters. The van der Waals surface area contributed by atoms with Crippen molar-refractivity contribution in [3.05, 3.63) is 66.2 Å². The lowest BCUT2D eigenvalue weighted by Crippen LogP contribution is -2.16. The van der Waals surface area contributed by atoms with Gasteiger partial charge in [-0.25, -0.2) is 0 Å². The molecule has 1 nitrogen and oxygen atoms in total. The van der Waals surface area contributed by atoms with E-state index >= 15 is 0 Å². The van der Waals surface area contributed by atoms with Crippen molar-refractivity contribution in [3.63, 3.8) is 0 Å². The summed E-state index contributed by atoms with van der Waals surface area (Å²) in [6, 6.07) is 19.0. The van der Waals surface area contributed by atoms with E-state index in [0.29, 0.717) is 5.66 Å². The second-order valence-electron chi connectivity index (χ2n) is 5.81. The van der Waals surface area contributed by atoms with Crippen LogP contribution in [0.1, 0.15) is 30.9 Å². The molecule has 1 heterocycles. The lowest BCUT2D eigenvalue weighted by molar-refractivity contribution is 0.166. The van der Waals surface area contributed by atoms with Crippen LogP contribution in [0.5, 0.6) is 0 Å². The second kappa shape index (κ2) is 6.44. The molecule has 2 aromatic rings. The fourth-order valence-electron chi connectivity index (χ4n) is 3.33. The van der Waals surface area contributed by atoms with Crippen LogP contribution < -0.4 is 5.30 Å². The van der Waals surface area contributed by atoms with E-state index in [9.17, 15) is 5.11 Å². The summed E-state index contributed by atoms with van der Waals surface area (Å²) < 4.78 is 0. The van der Waals surface area contributed by atoms with Gasteiger partial charge in [0.2, 0.25) is 0 Å². The topological polar surface area (TPSA) is 20.2 Å². The molecule has 110 valence electrons. The highest BCUT2D eigenvalue weighted by Gasteiger charge is 2.36. The first-order valence-electron chi connectivity index (χ1n) is 7.57. The molecule has 1 fully saturated rings. The Balaban J connectivity index is 1.80. The third-order valence-electron chi connectivity index (χ3n) is 4.49. The van der Waals surface area contributed by atoms with Crippen molar-refractivity contribution in [3.8, 4) is 0 Å². The minimum absolute atomic E-state index is 0.389. The molecule has 1 saturated heterocycles. The predicted molar refractivity (Wildman–Crippen MR) is 94.3 cm³/mol. The van der Waals surface area contributed by atoms with E-state index in [1.54, 1.807) is 0 Å². The highest BCUT2D eigenvalue weighted by Crippen LogP contribution is 2.59. The molecule has 2 aromatic carbocycles. The van der Waals surface area contributed by atoms with Crippen LogP contribution in [0, 0.1) is 0 Å². The SMILES string of the molecule is O[C@@H](CC1CCCP1(=S)c1ccccc1)c1ccccc1. The summed E-state index contributed by atoms with van der Waals surface area (Å²) >= 11 is 6.12. The summed E-state index contributed by atoms with van der Waals surface area (Å²) in [6.45, 7) is 0. The summed E-state index contributed by atoms with van der Waals surface area (Å²) in [7, 11) is 0. The van der Waals surface area contributed by atoms with E-state index in [0.717, 1.165) is 24.6 Å². The summed E-state index contributed by atoms with van der Waals surface area (Å²) in [4.78, 5) is 0. The summed E-state index contributed by atoms with van der Waals surface area (Å²) in [5.74, 6) is 0. The summed E-state index contributed by atoms with van der Waals surface area (Å²) in [5, 5.41) is 11.9. The molecule has 0 aliphatic carbocycles. The van der Waals surface area contributed by atoms with Crippen LogP contribution in [0.15, 0.2) is 60.7 Å². The monoisotopic (exact) mass is 316 g/mol. The number of hydrogen-bond acceptors (Lipinski definition) is 2. The number of rotatable bonds is 4. The van der Waals surface area contributed by atoms with Crippen LogP contribution in [-0.2, 0) is 11.8 Å². The van der Waals surface area contributed by atoms with Crippen LogP contribution in [0.2, 0.25) is 0 Å². The zero-order valence-electron chi connectivity index (χ0n) is 12.1. The first-order valence-corrected chi connectivity index (χ1v) is 10.6. The van der Waals surface area contributed by atoms with Crippen molar-refractivity contribution in [2.45, 2.75) is 31.0 Å². The molecule has 1 aliphatic heterocycles. The van der Waals surface area contributed by atoms with Gasteiger partial charge in [0, 0.05) is 0 Å². The first-order chi connectivity index (χ1) is 10.2. The Morgan fingerprint density at radius 2 is 1.67 bits per heavy atom. The van der Waals surface area contributed by atoms with Crippen LogP contribution >= 0.6 is 6.04 Å². The average molecular weight is 316 g/mol. The van der Waals surface area contributed by atoms with Crippen molar-refractivity contribution >= 4 is 23.1 Å². The van der Waals surface area contributed by atoms with Crippen LogP contribution in [-0.4, -0.2) is 16.9 Å². The maximum absolute atomic E-state index is 10.5. The third kappa shape index (κ3) is 3.13. The van der Waals surface area contributed by atoms with Gasteiger partial charge < -0.3 is 5.11 Å². The fraction of sp³-hybridized carbons (Fsp3) is 0.333. The molecule has 21 heavy (non-hydrogen) atoms.